The van der Waals surface area contributed by atoms with Gasteiger partial charge in [-0.05, 0) is 38.1 Å². The SMILES string of the molecule is CCOc1cccc(OCCNS(=O)(=O)c2ccc(C)cc2)c1. The van der Waals surface area contributed by atoms with E-state index in [0.29, 0.717) is 12.4 Å². The Morgan fingerprint density at radius 3 is 2.30 bits per heavy atom. The standard InChI is InChI=1S/C17H21NO4S/c1-3-21-15-5-4-6-16(13-15)22-12-11-18-23(19,20)17-9-7-14(2)8-10-17/h4-10,13,18H,3,11-12H2,1-2H3. The van der Waals surface area contributed by atoms with Crippen LogP contribution in [-0.4, -0.2) is 28.2 Å². The Labute approximate surface area is 137 Å². The van der Waals surface area contributed by atoms with E-state index >= 15 is 0 Å². The maximum Gasteiger partial charge on any atom is 0.240 e. The van der Waals surface area contributed by atoms with Crippen LogP contribution >= 0.6 is 0 Å². The molecule has 0 saturated heterocycles. The van der Waals surface area contributed by atoms with Gasteiger partial charge in [0.2, 0.25) is 10.0 Å². The zero-order chi connectivity index (χ0) is 16.7. The van der Waals surface area contributed by atoms with E-state index in [2.05, 4.69) is 4.72 Å². The van der Waals surface area contributed by atoms with Crippen LogP contribution in [0.3, 0.4) is 0 Å². The van der Waals surface area contributed by atoms with E-state index in [1.54, 1.807) is 36.4 Å². The Bertz CT molecular complexity index is 727. The zero-order valence-corrected chi connectivity index (χ0v) is 14.1. The van der Waals surface area contributed by atoms with Crippen LogP contribution in [0.15, 0.2) is 53.4 Å². The van der Waals surface area contributed by atoms with Crippen molar-refractivity contribution in [2.45, 2.75) is 18.7 Å². The molecule has 5 nitrogen and oxygen atoms in total. The van der Waals surface area contributed by atoms with Crippen molar-refractivity contribution in [2.75, 3.05) is 19.8 Å². The summed E-state index contributed by atoms with van der Waals surface area (Å²) in [7, 11) is -3.50. The van der Waals surface area contributed by atoms with Gasteiger partial charge in [-0.25, -0.2) is 13.1 Å². The third-order valence-corrected chi connectivity index (χ3v) is 4.59. The van der Waals surface area contributed by atoms with E-state index in [1.165, 1.54) is 0 Å². The second kappa shape index (κ2) is 7.99. The number of sulfonamides is 1. The van der Waals surface area contributed by atoms with E-state index in [0.717, 1.165) is 11.3 Å². The predicted octanol–water partition coefficient (Wildman–Crippen LogP) is 2.75. The Morgan fingerprint density at radius 2 is 1.65 bits per heavy atom. The minimum Gasteiger partial charge on any atom is -0.494 e. The molecule has 124 valence electrons. The highest BCUT2D eigenvalue weighted by molar-refractivity contribution is 7.89. The fourth-order valence-electron chi connectivity index (χ4n) is 1.97. The van der Waals surface area contributed by atoms with Crippen LogP contribution in [0, 0.1) is 6.92 Å². The summed E-state index contributed by atoms with van der Waals surface area (Å²) in [6.07, 6.45) is 0. The second-order valence-electron chi connectivity index (χ2n) is 4.97. The first-order chi connectivity index (χ1) is 11.0. The highest BCUT2D eigenvalue weighted by atomic mass is 32.2. The molecule has 0 saturated carbocycles. The highest BCUT2D eigenvalue weighted by Crippen LogP contribution is 2.19. The summed E-state index contributed by atoms with van der Waals surface area (Å²) < 4.78 is 37.7. The van der Waals surface area contributed by atoms with Gasteiger partial charge in [-0.3, -0.25) is 0 Å². The van der Waals surface area contributed by atoms with Crippen LogP contribution in [0.1, 0.15) is 12.5 Å². The zero-order valence-electron chi connectivity index (χ0n) is 13.3. The normalized spacial score (nSPS) is 11.2. The Kier molecular flexibility index (Phi) is 6.01. The molecule has 2 rings (SSSR count). The first-order valence-corrected chi connectivity index (χ1v) is 8.91. The highest BCUT2D eigenvalue weighted by Gasteiger charge is 2.12. The molecule has 0 aliphatic carbocycles. The molecule has 6 heteroatoms. The van der Waals surface area contributed by atoms with Crippen LogP contribution in [-0.2, 0) is 10.0 Å². The third-order valence-electron chi connectivity index (χ3n) is 3.11. The van der Waals surface area contributed by atoms with Crippen LogP contribution in [0.2, 0.25) is 0 Å². The molecule has 0 fully saturated rings. The molecular weight excluding hydrogens is 314 g/mol. The fraction of sp³-hybridized carbons (Fsp3) is 0.294. The first kappa shape index (κ1) is 17.3. The molecule has 0 bridgehead atoms. The lowest BCUT2D eigenvalue weighted by molar-refractivity contribution is 0.313. The van der Waals surface area contributed by atoms with Gasteiger partial charge in [-0.1, -0.05) is 23.8 Å². The lowest BCUT2D eigenvalue weighted by atomic mass is 10.2. The van der Waals surface area contributed by atoms with Crippen molar-refractivity contribution < 1.29 is 17.9 Å². The van der Waals surface area contributed by atoms with Gasteiger partial charge in [-0.15, -0.1) is 0 Å². The number of nitrogens with one attached hydrogen (secondary N) is 1. The summed E-state index contributed by atoms with van der Waals surface area (Å²) in [4.78, 5) is 0.251. The van der Waals surface area contributed by atoms with Crippen LogP contribution in [0.25, 0.3) is 0 Å². The average Bonchev–Trinajstić information content (AvgIpc) is 2.53. The molecule has 23 heavy (non-hydrogen) atoms. The fourth-order valence-corrected chi connectivity index (χ4v) is 2.98. The van der Waals surface area contributed by atoms with Crippen LogP contribution < -0.4 is 14.2 Å². The van der Waals surface area contributed by atoms with E-state index in [1.807, 2.05) is 26.0 Å². The quantitative estimate of drug-likeness (QED) is 0.754. The maximum absolute atomic E-state index is 12.1. The van der Waals surface area contributed by atoms with Crippen molar-refractivity contribution >= 4 is 10.0 Å². The molecule has 0 amide bonds. The first-order valence-electron chi connectivity index (χ1n) is 7.43. The van der Waals surface area contributed by atoms with Gasteiger partial charge in [0.15, 0.2) is 0 Å². The number of ether oxygens (including phenoxy) is 2. The van der Waals surface area contributed by atoms with Gasteiger partial charge in [0.1, 0.15) is 18.1 Å². The van der Waals surface area contributed by atoms with Gasteiger partial charge in [-0.2, -0.15) is 0 Å². The lowest BCUT2D eigenvalue weighted by Crippen LogP contribution is -2.28. The summed E-state index contributed by atoms with van der Waals surface area (Å²) in [6.45, 7) is 4.83. The Balaban J connectivity index is 1.85. The summed E-state index contributed by atoms with van der Waals surface area (Å²) >= 11 is 0. The molecule has 2 aromatic rings. The maximum atomic E-state index is 12.1. The summed E-state index contributed by atoms with van der Waals surface area (Å²) in [5.74, 6) is 1.37. The number of benzene rings is 2. The molecule has 0 aliphatic rings. The van der Waals surface area contributed by atoms with Gasteiger partial charge < -0.3 is 9.47 Å². The third kappa shape index (κ3) is 5.26. The van der Waals surface area contributed by atoms with Crippen molar-refractivity contribution in [2.24, 2.45) is 0 Å². The summed E-state index contributed by atoms with van der Waals surface area (Å²) in [6, 6.07) is 14.0. The van der Waals surface area contributed by atoms with Crippen LogP contribution in [0.5, 0.6) is 11.5 Å². The van der Waals surface area contributed by atoms with Crippen molar-refractivity contribution in [1.29, 1.82) is 0 Å². The molecule has 0 aromatic heterocycles. The molecule has 0 unspecified atom stereocenters. The minimum absolute atomic E-state index is 0.190. The molecule has 0 radical (unpaired) electrons. The smallest absolute Gasteiger partial charge is 0.240 e. The topological polar surface area (TPSA) is 64.6 Å². The molecule has 2 aromatic carbocycles. The summed E-state index contributed by atoms with van der Waals surface area (Å²) in [5, 5.41) is 0. The lowest BCUT2D eigenvalue weighted by Gasteiger charge is -2.10. The second-order valence-corrected chi connectivity index (χ2v) is 6.73. The number of hydrogen-bond acceptors (Lipinski definition) is 4. The van der Waals surface area contributed by atoms with Gasteiger partial charge in [0.25, 0.3) is 0 Å². The van der Waals surface area contributed by atoms with E-state index in [4.69, 9.17) is 9.47 Å². The van der Waals surface area contributed by atoms with Crippen molar-refractivity contribution in [3.63, 3.8) is 0 Å². The number of rotatable bonds is 8. The molecule has 0 heterocycles. The van der Waals surface area contributed by atoms with E-state index in [9.17, 15) is 8.42 Å². The average molecular weight is 335 g/mol. The van der Waals surface area contributed by atoms with Gasteiger partial charge >= 0.3 is 0 Å². The van der Waals surface area contributed by atoms with Crippen molar-refractivity contribution in [1.82, 2.24) is 4.72 Å². The van der Waals surface area contributed by atoms with E-state index in [-0.39, 0.29) is 18.0 Å². The summed E-state index contributed by atoms with van der Waals surface area (Å²) in [5.41, 5.74) is 1.02. The van der Waals surface area contributed by atoms with E-state index < -0.39 is 10.0 Å². The minimum atomic E-state index is -3.50. The molecule has 0 spiro atoms. The van der Waals surface area contributed by atoms with Crippen molar-refractivity contribution in [3.8, 4) is 11.5 Å². The van der Waals surface area contributed by atoms with Gasteiger partial charge in [0, 0.05) is 12.6 Å². The molecule has 0 aliphatic heterocycles. The predicted molar refractivity (Wildman–Crippen MR) is 89.5 cm³/mol. The van der Waals surface area contributed by atoms with Crippen molar-refractivity contribution in [3.05, 3.63) is 54.1 Å². The monoisotopic (exact) mass is 335 g/mol. The number of aryl methyl sites for hydroxylation is 1. The molecule has 1 N–H and O–H groups in total. The Hall–Kier alpha value is -2.05. The number of hydrogen-bond donors (Lipinski definition) is 1. The largest absolute Gasteiger partial charge is 0.494 e. The molecule has 0 atom stereocenters. The Morgan fingerprint density at radius 1 is 1.00 bits per heavy atom. The van der Waals surface area contributed by atoms with Crippen LogP contribution in [0.4, 0.5) is 0 Å². The van der Waals surface area contributed by atoms with Gasteiger partial charge in [0.05, 0.1) is 11.5 Å². The molecular formula is C17H21NO4S.